The number of rotatable bonds is 2. The SMILES string of the molecule is Cc1noc(C)c1NC(=O)N1CCN(c2nccs2)CC1. The molecule has 3 heterocycles. The first-order chi connectivity index (χ1) is 10.1. The standard InChI is InChI=1S/C13H17N5O2S/c1-9-11(10(2)20-16-9)15-12(19)17-4-6-18(7-5-17)13-14-3-8-21-13/h3,8H,4-7H2,1-2H3,(H,15,19). The maximum absolute atomic E-state index is 12.3. The average molecular weight is 307 g/mol. The van der Waals surface area contributed by atoms with Gasteiger partial charge < -0.3 is 19.6 Å². The monoisotopic (exact) mass is 307 g/mol. The number of carbonyl (C=O) groups excluding carboxylic acids is 1. The summed E-state index contributed by atoms with van der Waals surface area (Å²) in [5.74, 6) is 0.627. The van der Waals surface area contributed by atoms with Gasteiger partial charge in [-0.15, -0.1) is 11.3 Å². The fourth-order valence-corrected chi connectivity index (χ4v) is 3.02. The van der Waals surface area contributed by atoms with Crippen molar-refractivity contribution in [1.82, 2.24) is 15.0 Å². The topological polar surface area (TPSA) is 74.5 Å². The Morgan fingerprint density at radius 1 is 1.33 bits per heavy atom. The van der Waals surface area contributed by atoms with Crippen LogP contribution in [0.1, 0.15) is 11.5 Å². The third kappa shape index (κ3) is 2.85. The van der Waals surface area contributed by atoms with E-state index < -0.39 is 0 Å². The van der Waals surface area contributed by atoms with E-state index >= 15 is 0 Å². The molecular weight excluding hydrogens is 290 g/mol. The number of carbonyl (C=O) groups is 1. The van der Waals surface area contributed by atoms with E-state index in [1.165, 1.54) is 0 Å². The van der Waals surface area contributed by atoms with Gasteiger partial charge in [0.2, 0.25) is 0 Å². The fraction of sp³-hybridized carbons (Fsp3) is 0.462. The Hall–Kier alpha value is -2.09. The van der Waals surface area contributed by atoms with E-state index in [-0.39, 0.29) is 6.03 Å². The average Bonchev–Trinajstić information content (AvgIpc) is 3.13. The molecule has 0 atom stereocenters. The molecule has 1 N–H and O–H groups in total. The highest BCUT2D eigenvalue weighted by molar-refractivity contribution is 7.13. The van der Waals surface area contributed by atoms with E-state index in [0.717, 1.165) is 18.2 Å². The number of amides is 2. The summed E-state index contributed by atoms with van der Waals surface area (Å²) in [5.41, 5.74) is 1.37. The van der Waals surface area contributed by atoms with Crippen molar-refractivity contribution < 1.29 is 9.32 Å². The van der Waals surface area contributed by atoms with Crippen LogP contribution in [-0.4, -0.2) is 47.3 Å². The number of hydrogen-bond donors (Lipinski definition) is 1. The summed E-state index contributed by atoms with van der Waals surface area (Å²) in [5, 5.41) is 9.69. The van der Waals surface area contributed by atoms with Gasteiger partial charge in [0.05, 0.1) is 0 Å². The molecule has 2 aromatic rings. The van der Waals surface area contributed by atoms with Crippen molar-refractivity contribution in [2.24, 2.45) is 0 Å². The van der Waals surface area contributed by atoms with Gasteiger partial charge in [0.25, 0.3) is 0 Å². The second-order valence-corrected chi connectivity index (χ2v) is 5.79. The van der Waals surface area contributed by atoms with Gasteiger partial charge in [-0.25, -0.2) is 9.78 Å². The van der Waals surface area contributed by atoms with Crippen LogP contribution in [0.2, 0.25) is 0 Å². The van der Waals surface area contributed by atoms with Crippen LogP contribution in [0.25, 0.3) is 0 Å². The fourth-order valence-electron chi connectivity index (χ4n) is 2.32. The van der Waals surface area contributed by atoms with Gasteiger partial charge in [-0.2, -0.15) is 0 Å². The van der Waals surface area contributed by atoms with Crippen molar-refractivity contribution in [2.75, 3.05) is 36.4 Å². The number of aromatic nitrogens is 2. The molecule has 3 rings (SSSR count). The molecule has 1 aliphatic rings. The first-order valence-corrected chi connectivity index (χ1v) is 7.66. The van der Waals surface area contributed by atoms with Crippen LogP contribution < -0.4 is 10.2 Å². The zero-order chi connectivity index (χ0) is 14.8. The largest absolute Gasteiger partial charge is 0.359 e. The minimum absolute atomic E-state index is 0.108. The molecule has 0 bridgehead atoms. The number of aryl methyl sites for hydroxylation is 2. The summed E-state index contributed by atoms with van der Waals surface area (Å²) in [7, 11) is 0. The third-order valence-corrected chi connectivity index (χ3v) is 4.35. The number of thiazole rings is 1. The van der Waals surface area contributed by atoms with Crippen LogP contribution in [-0.2, 0) is 0 Å². The first-order valence-electron chi connectivity index (χ1n) is 6.78. The quantitative estimate of drug-likeness (QED) is 0.919. The zero-order valence-electron chi connectivity index (χ0n) is 12.0. The van der Waals surface area contributed by atoms with E-state index in [2.05, 4.69) is 20.4 Å². The molecule has 0 saturated carbocycles. The molecule has 7 nitrogen and oxygen atoms in total. The van der Waals surface area contributed by atoms with E-state index in [0.29, 0.717) is 30.2 Å². The van der Waals surface area contributed by atoms with E-state index in [9.17, 15) is 4.79 Å². The van der Waals surface area contributed by atoms with Crippen LogP contribution in [0.3, 0.4) is 0 Å². The molecule has 1 aliphatic heterocycles. The summed E-state index contributed by atoms with van der Waals surface area (Å²) in [6.07, 6.45) is 1.80. The molecule has 0 aliphatic carbocycles. The van der Waals surface area contributed by atoms with Gasteiger partial charge in [0.1, 0.15) is 11.4 Å². The Balaban J connectivity index is 1.58. The summed E-state index contributed by atoms with van der Waals surface area (Å²) in [4.78, 5) is 20.6. The van der Waals surface area contributed by atoms with Crippen LogP contribution in [0.15, 0.2) is 16.1 Å². The second-order valence-electron chi connectivity index (χ2n) is 4.92. The predicted octanol–water partition coefficient (Wildman–Crippen LogP) is 2.10. The maximum atomic E-state index is 12.3. The van der Waals surface area contributed by atoms with Crippen LogP contribution >= 0.6 is 11.3 Å². The Morgan fingerprint density at radius 2 is 2.10 bits per heavy atom. The number of nitrogens with zero attached hydrogens (tertiary/aromatic N) is 4. The summed E-state index contributed by atoms with van der Waals surface area (Å²) in [6, 6.07) is -0.108. The molecule has 0 spiro atoms. The maximum Gasteiger partial charge on any atom is 0.322 e. The van der Waals surface area contributed by atoms with Gasteiger partial charge in [-0.1, -0.05) is 5.16 Å². The molecule has 2 aromatic heterocycles. The Morgan fingerprint density at radius 3 is 2.67 bits per heavy atom. The molecule has 0 aromatic carbocycles. The third-order valence-electron chi connectivity index (χ3n) is 3.52. The van der Waals surface area contributed by atoms with Gasteiger partial charge >= 0.3 is 6.03 Å². The van der Waals surface area contributed by atoms with Gasteiger partial charge in [0.15, 0.2) is 10.9 Å². The molecular formula is C13H17N5O2S. The smallest absolute Gasteiger partial charge is 0.322 e. The van der Waals surface area contributed by atoms with Gasteiger partial charge in [0, 0.05) is 37.8 Å². The molecule has 1 fully saturated rings. The van der Waals surface area contributed by atoms with Crippen LogP contribution in [0.5, 0.6) is 0 Å². The molecule has 2 amide bonds. The number of nitrogens with one attached hydrogen (secondary N) is 1. The van der Waals surface area contributed by atoms with E-state index in [1.807, 2.05) is 12.3 Å². The lowest BCUT2D eigenvalue weighted by atomic mass is 10.3. The predicted molar refractivity (Wildman–Crippen MR) is 80.9 cm³/mol. The van der Waals surface area contributed by atoms with E-state index in [4.69, 9.17) is 4.52 Å². The molecule has 112 valence electrons. The van der Waals surface area contributed by atoms with Crippen molar-refractivity contribution >= 4 is 28.2 Å². The zero-order valence-corrected chi connectivity index (χ0v) is 12.8. The number of hydrogen-bond acceptors (Lipinski definition) is 6. The second kappa shape index (κ2) is 5.72. The van der Waals surface area contributed by atoms with Crippen LogP contribution in [0, 0.1) is 13.8 Å². The lowest BCUT2D eigenvalue weighted by Gasteiger charge is -2.34. The highest BCUT2D eigenvalue weighted by Crippen LogP contribution is 2.21. The van der Waals surface area contributed by atoms with Crippen molar-refractivity contribution in [1.29, 1.82) is 0 Å². The highest BCUT2D eigenvalue weighted by Gasteiger charge is 2.23. The van der Waals surface area contributed by atoms with Gasteiger partial charge in [-0.05, 0) is 13.8 Å². The Labute approximate surface area is 126 Å². The Bertz CT molecular complexity index is 597. The number of anilines is 2. The number of urea groups is 1. The lowest BCUT2D eigenvalue weighted by molar-refractivity contribution is 0.208. The van der Waals surface area contributed by atoms with Crippen molar-refractivity contribution in [3.63, 3.8) is 0 Å². The first kappa shape index (κ1) is 13.9. The molecule has 8 heteroatoms. The molecule has 0 unspecified atom stereocenters. The van der Waals surface area contributed by atoms with Crippen molar-refractivity contribution in [3.05, 3.63) is 23.0 Å². The molecule has 0 radical (unpaired) electrons. The highest BCUT2D eigenvalue weighted by atomic mass is 32.1. The minimum atomic E-state index is -0.108. The minimum Gasteiger partial charge on any atom is -0.359 e. The van der Waals surface area contributed by atoms with Crippen molar-refractivity contribution in [3.8, 4) is 0 Å². The molecule has 1 saturated heterocycles. The molecule has 21 heavy (non-hydrogen) atoms. The van der Waals surface area contributed by atoms with Crippen molar-refractivity contribution in [2.45, 2.75) is 13.8 Å². The summed E-state index contributed by atoms with van der Waals surface area (Å²) >= 11 is 1.62. The normalized spacial score (nSPS) is 15.3. The van der Waals surface area contributed by atoms with E-state index in [1.54, 1.807) is 29.4 Å². The van der Waals surface area contributed by atoms with Crippen LogP contribution in [0.4, 0.5) is 15.6 Å². The summed E-state index contributed by atoms with van der Waals surface area (Å²) < 4.78 is 5.05. The number of piperazine rings is 1. The Kier molecular flexibility index (Phi) is 3.78. The summed E-state index contributed by atoms with van der Waals surface area (Å²) in [6.45, 7) is 6.54. The van der Waals surface area contributed by atoms with Gasteiger partial charge in [-0.3, -0.25) is 0 Å². The lowest BCUT2D eigenvalue weighted by Crippen LogP contribution is -2.50.